The molecule has 18 heavy (non-hydrogen) atoms. The minimum Gasteiger partial charge on any atom is -0.466 e. The molecule has 0 saturated carbocycles. The summed E-state index contributed by atoms with van der Waals surface area (Å²) in [6, 6.07) is 0. The zero-order valence-electron chi connectivity index (χ0n) is 12.2. The molecule has 0 rings (SSSR count). The van der Waals surface area contributed by atoms with Crippen molar-refractivity contribution in [1.29, 1.82) is 0 Å². The Morgan fingerprint density at radius 2 is 1.83 bits per heavy atom. The molecule has 0 aromatic heterocycles. The Bertz CT molecular complexity index is 280. The van der Waals surface area contributed by atoms with Crippen LogP contribution in [0.1, 0.15) is 60.3 Å². The van der Waals surface area contributed by atoms with E-state index in [-0.39, 0.29) is 24.3 Å². The van der Waals surface area contributed by atoms with Crippen molar-refractivity contribution in [2.75, 3.05) is 6.61 Å². The Labute approximate surface area is 110 Å². The molecule has 5 nitrogen and oxygen atoms in total. The molecule has 0 fully saturated rings. The molecule has 106 valence electrons. The number of rotatable bonds is 7. The fourth-order valence-electron chi connectivity index (χ4n) is 1.05. The number of hydrogen-bond donors (Lipinski definition) is 1. The third kappa shape index (κ3) is 10.2. The number of unbranched alkanes of at least 4 members (excludes halogenated alkanes) is 1. The van der Waals surface area contributed by atoms with Crippen LogP contribution in [0.3, 0.4) is 0 Å². The Hall–Kier alpha value is -0.970. The summed E-state index contributed by atoms with van der Waals surface area (Å²) >= 11 is 0. The lowest BCUT2D eigenvalue weighted by Crippen LogP contribution is -2.24. The number of nitrogens with zero attached hydrogens (tertiary/aromatic N) is 2. The molecule has 5 heteroatoms. The average molecular weight is 258 g/mol. The molecule has 0 aliphatic rings. The van der Waals surface area contributed by atoms with Crippen LogP contribution in [0.2, 0.25) is 0 Å². The maximum absolute atomic E-state index is 11.4. The molecule has 0 saturated heterocycles. The van der Waals surface area contributed by atoms with Gasteiger partial charge in [0.2, 0.25) is 0 Å². The van der Waals surface area contributed by atoms with Crippen molar-refractivity contribution >= 4 is 5.97 Å². The molecular formula is C13H26N2O3. The monoisotopic (exact) mass is 258 g/mol. The Morgan fingerprint density at radius 3 is 2.33 bits per heavy atom. The van der Waals surface area contributed by atoms with E-state index in [0.29, 0.717) is 6.61 Å². The molecule has 1 atom stereocenters. The van der Waals surface area contributed by atoms with Crippen LogP contribution in [-0.2, 0) is 9.53 Å². The highest BCUT2D eigenvalue weighted by atomic mass is 16.5. The first-order valence-electron chi connectivity index (χ1n) is 6.48. The zero-order valence-corrected chi connectivity index (χ0v) is 12.2. The molecular weight excluding hydrogens is 232 g/mol. The van der Waals surface area contributed by atoms with E-state index in [1.54, 1.807) is 6.92 Å². The van der Waals surface area contributed by atoms with Gasteiger partial charge in [-0.25, -0.2) is 0 Å². The van der Waals surface area contributed by atoms with Crippen LogP contribution in [-0.4, -0.2) is 28.9 Å². The van der Waals surface area contributed by atoms with Crippen molar-refractivity contribution in [1.82, 2.24) is 0 Å². The highest BCUT2D eigenvalue weighted by molar-refractivity contribution is 5.69. The SMILES string of the molecule is CCCCOC(=O)CCC(C)(O)N=NC(C)(C)C. The van der Waals surface area contributed by atoms with Gasteiger partial charge in [0, 0.05) is 6.42 Å². The lowest BCUT2D eigenvalue weighted by atomic mass is 10.1. The second kappa shape index (κ2) is 7.46. The second-order valence-electron chi connectivity index (χ2n) is 5.66. The summed E-state index contributed by atoms with van der Waals surface area (Å²) in [4.78, 5) is 11.4. The average Bonchev–Trinajstić information content (AvgIpc) is 2.24. The van der Waals surface area contributed by atoms with E-state index in [2.05, 4.69) is 10.2 Å². The quantitative estimate of drug-likeness (QED) is 0.433. The van der Waals surface area contributed by atoms with Crippen LogP contribution in [0.5, 0.6) is 0 Å². The van der Waals surface area contributed by atoms with Crippen molar-refractivity contribution in [3.63, 3.8) is 0 Å². The summed E-state index contributed by atoms with van der Waals surface area (Å²) in [6.45, 7) is 9.71. The van der Waals surface area contributed by atoms with Crippen LogP contribution < -0.4 is 0 Å². The third-order valence-corrected chi connectivity index (χ3v) is 2.13. The van der Waals surface area contributed by atoms with Crippen LogP contribution in [0.25, 0.3) is 0 Å². The van der Waals surface area contributed by atoms with Crippen molar-refractivity contribution in [2.24, 2.45) is 10.2 Å². The van der Waals surface area contributed by atoms with E-state index < -0.39 is 5.72 Å². The van der Waals surface area contributed by atoms with Gasteiger partial charge in [-0.1, -0.05) is 13.3 Å². The Kier molecular flexibility index (Phi) is 7.06. The smallest absolute Gasteiger partial charge is 0.305 e. The number of azo groups is 1. The van der Waals surface area contributed by atoms with E-state index >= 15 is 0 Å². The molecule has 0 amide bonds. The zero-order chi connectivity index (χ0) is 14.2. The molecule has 1 unspecified atom stereocenters. The number of carbonyl (C=O) groups is 1. The predicted octanol–water partition coefficient (Wildman–Crippen LogP) is 3.07. The van der Waals surface area contributed by atoms with E-state index in [1.807, 2.05) is 27.7 Å². The number of esters is 1. The second-order valence-corrected chi connectivity index (χ2v) is 5.66. The van der Waals surface area contributed by atoms with Crippen LogP contribution in [0.15, 0.2) is 10.2 Å². The molecule has 0 bridgehead atoms. The largest absolute Gasteiger partial charge is 0.466 e. The van der Waals surface area contributed by atoms with Gasteiger partial charge >= 0.3 is 5.97 Å². The standard InChI is InChI=1S/C13H26N2O3/c1-6-7-10-18-11(16)8-9-13(5,17)15-14-12(2,3)4/h17H,6-10H2,1-5H3. The van der Waals surface area contributed by atoms with Gasteiger partial charge < -0.3 is 9.84 Å². The van der Waals surface area contributed by atoms with Crippen molar-refractivity contribution < 1.29 is 14.6 Å². The first-order valence-corrected chi connectivity index (χ1v) is 6.48. The fraction of sp³-hybridized carbons (Fsp3) is 0.923. The minimum atomic E-state index is -1.31. The lowest BCUT2D eigenvalue weighted by molar-refractivity contribution is -0.145. The van der Waals surface area contributed by atoms with Crippen molar-refractivity contribution in [3.05, 3.63) is 0 Å². The van der Waals surface area contributed by atoms with Gasteiger partial charge in [0.05, 0.1) is 18.6 Å². The topological polar surface area (TPSA) is 71.2 Å². The van der Waals surface area contributed by atoms with Gasteiger partial charge in [-0.15, -0.1) is 0 Å². The summed E-state index contributed by atoms with van der Waals surface area (Å²) < 4.78 is 5.00. The molecule has 0 aromatic carbocycles. The lowest BCUT2D eigenvalue weighted by Gasteiger charge is -2.19. The number of aliphatic hydroxyl groups is 1. The first-order chi connectivity index (χ1) is 8.16. The molecule has 0 heterocycles. The normalized spacial score (nSPS) is 15.7. The molecule has 0 aliphatic carbocycles. The van der Waals surface area contributed by atoms with Gasteiger partial charge in [0.15, 0.2) is 5.72 Å². The molecule has 0 aliphatic heterocycles. The number of carbonyl (C=O) groups excluding carboxylic acids is 1. The predicted molar refractivity (Wildman–Crippen MR) is 70.3 cm³/mol. The molecule has 1 N–H and O–H groups in total. The van der Waals surface area contributed by atoms with E-state index in [1.165, 1.54) is 0 Å². The minimum absolute atomic E-state index is 0.153. The highest BCUT2D eigenvalue weighted by Crippen LogP contribution is 2.18. The highest BCUT2D eigenvalue weighted by Gasteiger charge is 2.22. The van der Waals surface area contributed by atoms with E-state index in [9.17, 15) is 9.90 Å². The van der Waals surface area contributed by atoms with Crippen LogP contribution >= 0.6 is 0 Å². The van der Waals surface area contributed by atoms with Gasteiger partial charge in [0.1, 0.15) is 0 Å². The summed E-state index contributed by atoms with van der Waals surface area (Å²) in [5.41, 5.74) is -1.64. The van der Waals surface area contributed by atoms with Crippen LogP contribution in [0, 0.1) is 0 Å². The molecule has 0 aromatic rings. The van der Waals surface area contributed by atoms with Gasteiger partial charge in [-0.3, -0.25) is 4.79 Å². The fourth-order valence-corrected chi connectivity index (χ4v) is 1.05. The number of hydrogen-bond acceptors (Lipinski definition) is 5. The van der Waals surface area contributed by atoms with Gasteiger partial charge in [-0.2, -0.15) is 10.2 Å². The molecule has 0 spiro atoms. The van der Waals surface area contributed by atoms with Gasteiger partial charge in [-0.05, 0) is 34.1 Å². The summed E-state index contributed by atoms with van der Waals surface area (Å²) in [5, 5.41) is 17.8. The maximum atomic E-state index is 11.4. The van der Waals surface area contributed by atoms with E-state index in [0.717, 1.165) is 12.8 Å². The maximum Gasteiger partial charge on any atom is 0.305 e. The summed E-state index contributed by atoms with van der Waals surface area (Å²) in [5.74, 6) is -0.297. The summed E-state index contributed by atoms with van der Waals surface area (Å²) in [7, 11) is 0. The van der Waals surface area contributed by atoms with Crippen molar-refractivity contribution in [3.8, 4) is 0 Å². The molecule has 0 radical (unpaired) electrons. The first kappa shape index (κ1) is 17.0. The van der Waals surface area contributed by atoms with Crippen molar-refractivity contribution in [2.45, 2.75) is 71.6 Å². The Morgan fingerprint density at radius 1 is 1.22 bits per heavy atom. The third-order valence-electron chi connectivity index (χ3n) is 2.13. The summed E-state index contributed by atoms with van der Waals surface area (Å²) in [6.07, 6.45) is 2.23. The van der Waals surface area contributed by atoms with Gasteiger partial charge in [0.25, 0.3) is 0 Å². The number of ether oxygens (including phenoxy) is 1. The Balaban J connectivity index is 4.03. The van der Waals surface area contributed by atoms with Crippen LogP contribution in [0.4, 0.5) is 0 Å². The van der Waals surface area contributed by atoms with E-state index in [4.69, 9.17) is 4.74 Å².